The first-order valence-corrected chi connectivity index (χ1v) is 6.47. The first-order valence-electron chi connectivity index (χ1n) is 6.47. The smallest absolute Gasteiger partial charge is 0.128 e. The molecule has 2 unspecified atom stereocenters. The monoisotopic (exact) mass is 250 g/mol. The number of hydrogen-bond donors (Lipinski definition) is 3. The lowest BCUT2D eigenvalue weighted by atomic mass is 9.98. The van der Waals surface area contributed by atoms with E-state index in [0.717, 1.165) is 11.1 Å². The molecule has 0 radical (unpaired) electrons. The molecule has 100 valence electrons. The topological polar surface area (TPSA) is 86.2 Å². The van der Waals surface area contributed by atoms with Gasteiger partial charge in [0, 0.05) is 18.4 Å². The molecule has 0 spiro atoms. The molecule has 1 saturated carbocycles. The fourth-order valence-electron chi connectivity index (χ4n) is 2.33. The molecule has 2 rings (SSSR count). The lowest BCUT2D eigenvalue weighted by molar-refractivity contribution is 0.0186. The van der Waals surface area contributed by atoms with Crippen molar-refractivity contribution in [2.75, 3.05) is 12.3 Å². The van der Waals surface area contributed by atoms with Gasteiger partial charge in [-0.2, -0.15) is 0 Å². The molecule has 1 aliphatic carbocycles. The summed E-state index contributed by atoms with van der Waals surface area (Å²) in [6, 6.07) is 1.94. The third-order valence-corrected chi connectivity index (χ3v) is 3.38. The van der Waals surface area contributed by atoms with E-state index in [4.69, 9.17) is 16.3 Å². The summed E-state index contributed by atoms with van der Waals surface area (Å²) in [7, 11) is 0. The SMILES string of the molecule is CCOC(C1CC1)C(NN)c1cc(C)cnc1N. The first kappa shape index (κ1) is 13.3. The van der Waals surface area contributed by atoms with Gasteiger partial charge in [0.2, 0.25) is 0 Å². The van der Waals surface area contributed by atoms with Crippen LogP contribution in [0.3, 0.4) is 0 Å². The lowest BCUT2D eigenvalue weighted by Crippen LogP contribution is -2.39. The maximum Gasteiger partial charge on any atom is 0.128 e. The van der Waals surface area contributed by atoms with Crippen molar-refractivity contribution in [3.63, 3.8) is 0 Å². The molecule has 5 heteroatoms. The summed E-state index contributed by atoms with van der Waals surface area (Å²) in [5.74, 6) is 6.80. The van der Waals surface area contributed by atoms with Crippen LogP contribution < -0.4 is 17.0 Å². The highest BCUT2D eigenvalue weighted by Gasteiger charge is 2.38. The van der Waals surface area contributed by atoms with E-state index in [1.807, 2.05) is 19.9 Å². The lowest BCUT2D eigenvalue weighted by Gasteiger charge is -2.27. The number of hydrazine groups is 1. The second-order valence-electron chi connectivity index (χ2n) is 4.89. The minimum atomic E-state index is -0.0927. The van der Waals surface area contributed by atoms with Crippen molar-refractivity contribution in [2.45, 2.75) is 38.8 Å². The summed E-state index contributed by atoms with van der Waals surface area (Å²) in [6.07, 6.45) is 4.23. The predicted molar refractivity (Wildman–Crippen MR) is 71.6 cm³/mol. The molecule has 2 atom stereocenters. The Balaban J connectivity index is 2.27. The number of aryl methyl sites for hydroxylation is 1. The molecule has 1 aromatic rings. The fourth-order valence-corrected chi connectivity index (χ4v) is 2.33. The highest BCUT2D eigenvalue weighted by atomic mass is 16.5. The van der Waals surface area contributed by atoms with Crippen LogP contribution in [0.25, 0.3) is 0 Å². The van der Waals surface area contributed by atoms with Crippen molar-refractivity contribution >= 4 is 5.82 Å². The Morgan fingerprint density at radius 1 is 1.56 bits per heavy atom. The summed E-state index contributed by atoms with van der Waals surface area (Å²) >= 11 is 0. The predicted octanol–water partition coefficient (Wildman–Crippen LogP) is 1.29. The number of hydrogen-bond acceptors (Lipinski definition) is 5. The average Bonchev–Trinajstić information content (AvgIpc) is 3.17. The molecule has 1 fully saturated rings. The molecule has 0 saturated heterocycles. The van der Waals surface area contributed by atoms with Crippen LogP contribution in [-0.2, 0) is 4.74 Å². The van der Waals surface area contributed by atoms with Crippen LogP contribution in [0.1, 0.15) is 36.9 Å². The van der Waals surface area contributed by atoms with E-state index in [-0.39, 0.29) is 12.1 Å². The Hall–Kier alpha value is -1.17. The Labute approximate surface area is 108 Å². The maximum atomic E-state index is 5.96. The van der Waals surface area contributed by atoms with E-state index < -0.39 is 0 Å². The third-order valence-electron chi connectivity index (χ3n) is 3.38. The maximum absolute atomic E-state index is 5.96. The molecule has 0 bridgehead atoms. The van der Waals surface area contributed by atoms with E-state index in [9.17, 15) is 0 Å². The Kier molecular flexibility index (Phi) is 4.16. The molecule has 0 aromatic carbocycles. The minimum absolute atomic E-state index is 0.0749. The van der Waals surface area contributed by atoms with Crippen LogP contribution in [0.15, 0.2) is 12.3 Å². The van der Waals surface area contributed by atoms with Gasteiger partial charge in [0.15, 0.2) is 0 Å². The van der Waals surface area contributed by atoms with Crippen LogP contribution in [-0.4, -0.2) is 17.7 Å². The van der Waals surface area contributed by atoms with Crippen molar-refractivity contribution in [3.8, 4) is 0 Å². The summed E-state index contributed by atoms with van der Waals surface area (Å²) in [4.78, 5) is 4.20. The normalized spacial score (nSPS) is 18.6. The molecule has 0 aliphatic heterocycles. The van der Waals surface area contributed by atoms with E-state index in [1.165, 1.54) is 12.8 Å². The standard InChI is InChI=1S/C13H22N4O/c1-3-18-12(9-4-5-9)11(17-15)10-6-8(2)7-16-13(10)14/h6-7,9,11-12,17H,3-5,15H2,1-2H3,(H2,14,16). The Morgan fingerprint density at radius 2 is 2.28 bits per heavy atom. The van der Waals surface area contributed by atoms with Gasteiger partial charge in [-0.25, -0.2) is 4.98 Å². The number of pyridine rings is 1. The van der Waals surface area contributed by atoms with Gasteiger partial charge in [-0.05, 0) is 44.2 Å². The third kappa shape index (κ3) is 2.80. The number of rotatable bonds is 6. The second kappa shape index (κ2) is 5.65. The fraction of sp³-hybridized carbons (Fsp3) is 0.615. The van der Waals surface area contributed by atoms with E-state index in [1.54, 1.807) is 6.20 Å². The van der Waals surface area contributed by atoms with Crippen LogP contribution in [0.2, 0.25) is 0 Å². The molecule has 5 nitrogen and oxygen atoms in total. The number of nitrogens with two attached hydrogens (primary N) is 2. The van der Waals surface area contributed by atoms with Gasteiger partial charge in [-0.1, -0.05) is 0 Å². The summed E-state index contributed by atoms with van der Waals surface area (Å²) in [5, 5.41) is 0. The van der Waals surface area contributed by atoms with Crippen molar-refractivity contribution < 1.29 is 4.74 Å². The number of aromatic nitrogens is 1. The minimum Gasteiger partial charge on any atom is -0.383 e. The van der Waals surface area contributed by atoms with Gasteiger partial charge in [-0.15, -0.1) is 0 Å². The number of ether oxygens (including phenoxy) is 1. The van der Waals surface area contributed by atoms with Gasteiger partial charge >= 0.3 is 0 Å². The van der Waals surface area contributed by atoms with Crippen LogP contribution >= 0.6 is 0 Å². The zero-order valence-corrected chi connectivity index (χ0v) is 11.0. The number of anilines is 1. The molecule has 18 heavy (non-hydrogen) atoms. The zero-order chi connectivity index (χ0) is 13.1. The van der Waals surface area contributed by atoms with Crippen molar-refractivity contribution in [1.29, 1.82) is 0 Å². The molecular formula is C13H22N4O. The highest BCUT2D eigenvalue weighted by Crippen LogP contribution is 2.40. The average molecular weight is 250 g/mol. The number of nitrogens with zero attached hydrogens (tertiary/aromatic N) is 1. The van der Waals surface area contributed by atoms with Crippen LogP contribution in [0.5, 0.6) is 0 Å². The van der Waals surface area contributed by atoms with Crippen LogP contribution in [0.4, 0.5) is 5.82 Å². The quantitative estimate of drug-likeness (QED) is 0.523. The van der Waals surface area contributed by atoms with Crippen molar-refractivity contribution in [1.82, 2.24) is 10.4 Å². The summed E-state index contributed by atoms with van der Waals surface area (Å²) in [6.45, 7) is 4.68. The van der Waals surface area contributed by atoms with E-state index in [2.05, 4.69) is 10.4 Å². The largest absolute Gasteiger partial charge is 0.383 e. The Morgan fingerprint density at radius 3 is 2.83 bits per heavy atom. The molecule has 5 N–H and O–H groups in total. The Bertz CT molecular complexity index is 406. The summed E-state index contributed by atoms with van der Waals surface area (Å²) in [5.41, 5.74) is 10.8. The zero-order valence-electron chi connectivity index (χ0n) is 11.0. The molecule has 1 aromatic heterocycles. The van der Waals surface area contributed by atoms with Gasteiger partial charge < -0.3 is 10.5 Å². The summed E-state index contributed by atoms with van der Waals surface area (Å²) < 4.78 is 5.84. The molecular weight excluding hydrogens is 228 g/mol. The van der Waals surface area contributed by atoms with E-state index in [0.29, 0.717) is 18.3 Å². The highest BCUT2D eigenvalue weighted by molar-refractivity contribution is 5.43. The van der Waals surface area contributed by atoms with Gasteiger partial charge in [0.05, 0.1) is 12.1 Å². The number of nitrogen functional groups attached to an aromatic ring is 1. The molecule has 1 aliphatic rings. The van der Waals surface area contributed by atoms with Crippen LogP contribution in [0, 0.1) is 12.8 Å². The second-order valence-corrected chi connectivity index (χ2v) is 4.89. The van der Waals surface area contributed by atoms with Crippen molar-refractivity contribution in [3.05, 3.63) is 23.4 Å². The van der Waals surface area contributed by atoms with Gasteiger partial charge in [-0.3, -0.25) is 11.3 Å². The van der Waals surface area contributed by atoms with E-state index >= 15 is 0 Å². The van der Waals surface area contributed by atoms with Gasteiger partial charge in [0.1, 0.15) is 5.82 Å². The molecule has 1 heterocycles. The first-order chi connectivity index (χ1) is 8.67. The number of nitrogens with one attached hydrogen (secondary N) is 1. The van der Waals surface area contributed by atoms with Gasteiger partial charge in [0.25, 0.3) is 0 Å². The molecule has 0 amide bonds. The van der Waals surface area contributed by atoms with Crippen molar-refractivity contribution in [2.24, 2.45) is 11.8 Å².